The molecule has 34 heavy (non-hydrogen) atoms. The minimum absolute atomic E-state index is 0.0997. The van der Waals surface area contributed by atoms with Gasteiger partial charge in [0.25, 0.3) is 5.91 Å². The predicted octanol–water partition coefficient (Wildman–Crippen LogP) is 2.52. The van der Waals surface area contributed by atoms with Crippen LogP contribution in [-0.2, 0) is 19.1 Å². The maximum Gasteiger partial charge on any atom is 0.522 e. The fourth-order valence-electron chi connectivity index (χ4n) is 5.44. The zero-order valence-corrected chi connectivity index (χ0v) is 18.7. The first-order valence-corrected chi connectivity index (χ1v) is 11.4. The van der Waals surface area contributed by atoms with Gasteiger partial charge >= 0.3 is 6.36 Å². The van der Waals surface area contributed by atoms with E-state index < -0.39 is 41.9 Å². The number of carbonyl (C=O) groups is 2. The van der Waals surface area contributed by atoms with E-state index >= 15 is 0 Å². The van der Waals surface area contributed by atoms with E-state index in [9.17, 15) is 27.9 Å². The van der Waals surface area contributed by atoms with Crippen molar-refractivity contribution < 1.29 is 42.1 Å². The van der Waals surface area contributed by atoms with E-state index in [4.69, 9.17) is 21.1 Å². The Kier molecular flexibility index (Phi) is 5.74. The zero-order chi connectivity index (χ0) is 24.3. The SMILES string of the molecule is O=C(CO[C@H]1C[C@@H](OC(F)(F)F)C1)NC12CC(NC(=O)[C@H]3C[C@H](O)c4cc(Cl)ccc4O3)(C1)C2. The Morgan fingerprint density at radius 1 is 1.12 bits per heavy atom. The van der Waals surface area contributed by atoms with Gasteiger partial charge in [-0.2, -0.15) is 0 Å². The molecular weight excluding hydrogens is 481 g/mol. The number of amides is 2. The average molecular weight is 505 g/mol. The third-order valence-electron chi connectivity index (χ3n) is 6.96. The van der Waals surface area contributed by atoms with Crippen LogP contribution >= 0.6 is 11.6 Å². The van der Waals surface area contributed by atoms with E-state index in [0.717, 1.165) is 0 Å². The fraction of sp³-hybridized carbons (Fsp3) is 0.636. The molecule has 0 spiro atoms. The number of hydrogen-bond donors (Lipinski definition) is 3. The molecule has 186 valence electrons. The highest BCUT2D eigenvalue weighted by Gasteiger charge is 2.69. The number of ether oxygens (including phenoxy) is 3. The van der Waals surface area contributed by atoms with Crippen molar-refractivity contribution in [3.63, 3.8) is 0 Å². The van der Waals surface area contributed by atoms with Gasteiger partial charge in [0, 0.05) is 40.9 Å². The van der Waals surface area contributed by atoms with Crippen molar-refractivity contribution in [2.24, 2.45) is 0 Å². The Balaban J connectivity index is 1.03. The minimum atomic E-state index is -4.66. The molecule has 1 aliphatic heterocycles. The number of aliphatic hydroxyl groups is 1. The Labute approximate surface area is 198 Å². The lowest BCUT2D eigenvalue weighted by molar-refractivity contribution is -0.357. The van der Waals surface area contributed by atoms with Gasteiger partial charge in [0.15, 0.2) is 6.10 Å². The second kappa shape index (κ2) is 8.25. The maximum absolute atomic E-state index is 12.7. The normalized spacial score (nSPS) is 35.6. The summed E-state index contributed by atoms with van der Waals surface area (Å²) in [5.74, 6) is -0.232. The number of carbonyl (C=O) groups excluding carboxylic acids is 2. The molecule has 2 amide bonds. The molecule has 4 fully saturated rings. The van der Waals surface area contributed by atoms with Crippen LogP contribution in [-0.4, -0.2) is 59.3 Å². The molecule has 4 saturated carbocycles. The van der Waals surface area contributed by atoms with Crippen LogP contribution in [0, 0.1) is 0 Å². The monoisotopic (exact) mass is 504 g/mol. The summed E-state index contributed by atoms with van der Waals surface area (Å²) in [6.45, 7) is -0.234. The number of hydrogen-bond acceptors (Lipinski definition) is 6. The summed E-state index contributed by atoms with van der Waals surface area (Å²) in [5, 5.41) is 16.7. The number of fused-ring (bicyclic) bond motifs is 1. The van der Waals surface area contributed by atoms with Gasteiger partial charge in [0.1, 0.15) is 12.4 Å². The summed E-state index contributed by atoms with van der Waals surface area (Å²) >= 11 is 5.95. The summed E-state index contributed by atoms with van der Waals surface area (Å²) in [6, 6.07) is 4.87. The molecule has 6 rings (SSSR count). The highest BCUT2D eigenvalue weighted by atomic mass is 35.5. The van der Waals surface area contributed by atoms with Gasteiger partial charge in [-0.15, -0.1) is 13.2 Å². The van der Waals surface area contributed by atoms with Crippen LogP contribution in [0.1, 0.15) is 50.2 Å². The Bertz CT molecular complexity index is 980. The quantitative estimate of drug-likeness (QED) is 0.527. The van der Waals surface area contributed by atoms with Crippen LogP contribution in [0.15, 0.2) is 18.2 Å². The summed E-state index contributed by atoms with van der Waals surface area (Å²) in [6.07, 6.45) is -5.66. The van der Waals surface area contributed by atoms with E-state index in [-0.39, 0.29) is 37.7 Å². The molecule has 8 nitrogen and oxygen atoms in total. The van der Waals surface area contributed by atoms with Gasteiger partial charge in [-0.3, -0.25) is 14.3 Å². The molecule has 12 heteroatoms. The second-order valence-corrected chi connectivity index (χ2v) is 10.2. The molecule has 2 bridgehead atoms. The molecule has 2 atom stereocenters. The van der Waals surface area contributed by atoms with Crippen molar-refractivity contribution in [3.8, 4) is 5.75 Å². The van der Waals surface area contributed by atoms with Crippen LogP contribution in [0.5, 0.6) is 5.75 Å². The lowest BCUT2D eigenvalue weighted by Gasteiger charge is -2.70. The van der Waals surface area contributed by atoms with Crippen molar-refractivity contribution in [1.82, 2.24) is 10.6 Å². The van der Waals surface area contributed by atoms with Crippen LogP contribution in [0.2, 0.25) is 5.02 Å². The Morgan fingerprint density at radius 2 is 1.79 bits per heavy atom. The van der Waals surface area contributed by atoms with Gasteiger partial charge in [-0.25, -0.2) is 0 Å². The van der Waals surface area contributed by atoms with E-state index in [0.29, 0.717) is 35.6 Å². The molecule has 1 aromatic rings. The summed E-state index contributed by atoms with van der Waals surface area (Å²) in [7, 11) is 0. The third kappa shape index (κ3) is 4.71. The average Bonchev–Trinajstić information content (AvgIpc) is 2.66. The minimum Gasteiger partial charge on any atom is -0.480 e. The molecule has 0 radical (unpaired) electrons. The Morgan fingerprint density at radius 3 is 2.47 bits per heavy atom. The van der Waals surface area contributed by atoms with Crippen LogP contribution in [0.3, 0.4) is 0 Å². The van der Waals surface area contributed by atoms with E-state index in [1.165, 1.54) is 0 Å². The first-order valence-electron chi connectivity index (χ1n) is 11.1. The molecule has 1 heterocycles. The number of alkyl halides is 3. The third-order valence-corrected chi connectivity index (χ3v) is 7.19. The summed E-state index contributed by atoms with van der Waals surface area (Å²) in [5.41, 5.74) is -0.252. The number of halogens is 4. The maximum atomic E-state index is 12.7. The van der Waals surface area contributed by atoms with E-state index in [1.54, 1.807) is 18.2 Å². The molecule has 4 aliphatic carbocycles. The molecule has 0 unspecified atom stereocenters. The zero-order valence-electron chi connectivity index (χ0n) is 18.0. The lowest BCUT2D eigenvalue weighted by Crippen LogP contribution is -2.84. The molecule has 0 saturated heterocycles. The van der Waals surface area contributed by atoms with Gasteiger partial charge in [0.05, 0.1) is 18.3 Å². The first kappa shape index (κ1) is 23.7. The molecule has 1 aromatic carbocycles. The van der Waals surface area contributed by atoms with Gasteiger partial charge in [-0.05, 0) is 37.5 Å². The van der Waals surface area contributed by atoms with Crippen LogP contribution < -0.4 is 15.4 Å². The predicted molar refractivity (Wildman–Crippen MR) is 111 cm³/mol. The number of benzene rings is 1. The molecule has 3 N–H and O–H groups in total. The van der Waals surface area contributed by atoms with Crippen molar-refractivity contribution in [2.75, 3.05) is 6.61 Å². The van der Waals surface area contributed by atoms with E-state index in [1.807, 2.05) is 0 Å². The first-order chi connectivity index (χ1) is 15.9. The number of nitrogens with one attached hydrogen (secondary N) is 2. The molecule has 0 aromatic heterocycles. The highest BCUT2D eigenvalue weighted by molar-refractivity contribution is 6.30. The van der Waals surface area contributed by atoms with Crippen molar-refractivity contribution in [3.05, 3.63) is 28.8 Å². The van der Waals surface area contributed by atoms with Gasteiger partial charge < -0.3 is 25.2 Å². The van der Waals surface area contributed by atoms with Crippen molar-refractivity contribution in [1.29, 1.82) is 0 Å². The van der Waals surface area contributed by atoms with Gasteiger partial charge in [-0.1, -0.05) is 11.6 Å². The standard InChI is InChI=1S/C22H24ClF3N2O6/c23-11-1-2-16-14(3-11)15(29)6-17(33-16)19(31)28-21-8-20(9-21,10-21)27-18(30)7-32-12-4-13(5-12)34-22(24,25)26/h1-3,12-13,15,17,29H,4-10H2,(H,27,30)(H,28,31)/t12-,13+,15-,17+,20?,21?/m0/s1. The van der Waals surface area contributed by atoms with Crippen molar-refractivity contribution in [2.45, 2.75) is 80.4 Å². The van der Waals surface area contributed by atoms with Crippen LogP contribution in [0.4, 0.5) is 13.2 Å². The topological polar surface area (TPSA) is 106 Å². The molecular formula is C22H24ClF3N2O6. The second-order valence-electron chi connectivity index (χ2n) is 9.76. The summed E-state index contributed by atoms with van der Waals surface area (Å²) in [4.78, 5) is 24.9. The van der Waals surface area contributed by atoms with Gasteiger partial charge in [0.2, 0.25) is 5.91 Å². The smallest absolute Gasteiger partial charge is 0.480 e. The largest absolute Gasteiger partial charge is 0.522 e. The van der Waals surface area contributed by atoms with Crippen LogP contribution in [0.25, 0.3) is 0 Å². The summed E-state index contributed by atoms with van der Waals surface area (Å²) < 4.78 is 51.4. The number of aliphatic hydroxyl groups excluding tert-OH is 1. The molecule has 5 aliphatic rings. The number of rotatable bonds is 7. The lowest BCUT2D eigenvalue weighted by atomic mass is 9.44. The van der Waals surface area contributed by atoms with Crippen molar-refractivity contribution >= 4 is 23.4 Å². The highest BCUT2D eigenvalue weighted by Crippen LogP contribution is 2.60. The van der Waals surface area contributed by atoms with E-state index in [2.05, 4.69) is 15.4 Å². The fourth-order valence-corrected chi connectivity index (χ4v) is 5.62. The Hall–Kier alpha value is -2.08.